The summed E-state index contributed by atoms with van der Waals surface area (Å²) in [6.45, 7) is 0.0594. The predicted octanol–water partition coefficient (Wildman–Crippen LogP) is 5.35. The van der Waals surface area contributed by atoms with Gasteiger partial charge in [-0.15, -0.1) is 0 Å². The third kappa shape index (κ3) is 4.12. The monoisotopic (exact) mass is 450 g/mol. The zero-order valence-corrected chi connectivity index (χ0v) is 17.0. The normalized spacial score (nSPS) is 13.9. The Morgan fingerprint density at radius 3 is 2.58 bits per heavy atom. The smallest absolute Gasteiger partial charge is 0.430 e. The molecule has 1 aliphatic heterocycles. The third-order valence-electron chi connectivity index (χ3n) is 5.18. The van der Waals surface area contributed by atoms with E-state index in [0.717, 1.165) is 11.6 Å². The fourth-order valence-corrected chi connectivity index (χ4v) is 3.56. The van der Waals surface area contributed by atoms with Crippen molar-refractivity contribution in [3.8, 4) is 11.6 Å². The van der Waals surface area contributed by atoms with E-state index < -0.39 is 11.9 Å². The summed E-state index contributed by atoms with van der Waals surface area (Å²) >= 11 is 0. The number of aromatic nitrogens is 3. The SMILES string of the molecule is O=C(c1ccc(Oc2[nH]ccc2C2=CCNC(C(F)(F)F)=C2)cc1)c1nc2ccccc2[nH]1. The Morgan fingerprint density at radius 1 is 1.03 bits per heavy atom. The maximum atomic E-state index is 13.1. The second kappa shape index (κ2) is 8.01. The van der Waals surface area contributed by atoms with Gasteiger partial charge in [0.25, 0.3) is 0 Å². The van der Waals surface area contributed by atoms with Gasteiger partial charge in [-0.2, -0.15) is 13.2 Å². The Kier molecular flexibility index (Phi) is 5.01. The number of para-hydroxylation sites is 2. The lowest BCUT2D eigenvalue weighted by Gasteiger charge is -2.18. The van der Waals surface area contributed by atoms with Crippen molar-refractivity contribution in [3.05, 3.63) is 95.6 Å². The van der Waals surface area contributed by atoms with Crippen molar-refractivity contribution >= 4 is 22.4 Å². The number of ketones is 1. The Labute approximate surface area is 185 Å². The zero-order chi connectivity index (χ0) is 23.0. The van der Waals surface area contributed by atoms with Gasteiger partial charge in [-0.25, -0.2) is 4.98 Å². The first-order chi connectivity index (χ1) is 15.9. The minimum atomic E-state index is -4.46. The number of aromatic amines is 2. The number of nitrogens with zero attached hydrogens (tertiary/aromatic N) is 1. The molecule has 0 unspecified atom stereocenters. The van der Waals surface area contributed by atoms with Crippen molar-refractivity contribution in [2.24, 2.45) is 0 Å². The third-order valence-corrected chi connectivity index (χ3v) is 5.18. The van der Waals surface area contributed by atoms with Gasteiger partial charge < -0.3 is 20.0 Å². The molecule has 0 bridgehead atoms. The number of dihydropyridines is 1. The molecule has 0 fully saturated rings. The first-order valence-corrected chi connectivity index (χ1v) is 10.1. The van der Waals surface area contributed by atoms with Gasteiger partial charge in [0.2, 0.25) is 11.7 Å². The zero-order valence-electron chi connectivity index (χ0n) is 17.0. The highest BCUT2D eigenvalue weighted by Crippen LogP contribution is 2.34. The van der Waals surface area contributed by atoms with Crippen LogP contribution in [0.25, 0.3) is 16.6 Å². The molecule has 166 valence electrons. The van der Waals surface area contributed by atoms with Crippen LogP contribution in [0.2, 0.25) is 0 Å². The maximum Gasteiger partial charge on any atom is 0.430 e. The molecule has 0 atom stereocenters. The van der Waals surface area contributed by atoms with Gasteiger partial charge >= 0.3 is 6.18 Å². The lowest BCUT2D eigenvalue weighted by atomic mass is 10.0. The number of allylic oxidation sites excluding steroid dienone is 3. The van der Waals surface area contributed by atoms with Gasteiger partial charge in [-0.3, -0.25) is 4.79 Å². The van der Waals surface area contributed by atoms with Crippen molar-refractivity contribution in [2.75, 3.05) is 6.54 Å². The van der Waals surface area contributed by atoms with Crippen LogP contribution in [0, 0.1) is 0 Å². The molecule has 0 saturated carbocycles. The molecule has 33 heavy (non-hydrogen) atoms. The van der Waals surface area contributed by atoms with Crippen LogP contribution < -0.4 is 10.1 Å². The van der Waals surface area contributed by atoms with E-state index in [1.165, 1.54) is 0 Å². The number of hydrogen-bond acceptors (Lipinski definition) is 4. The number of ether oxygens (including phenoxy) is 1. The molecule has 5 rings (SSSR count). The summed E-state index contributed by atoms with van der Waals surface area (Å²) in [6.07, 6.45) is -0.165. The highest BCUT2D eigenvalue weighted by atomic mass is 19.4. The highest BCUT2D eigenvalue weighted by molar-refractivity contribution is 6.08. The number of carbonyl (C=O) groups excluding carboxylic acids is 1. The molecule has 3 N–H and O–H groups in total. The Bertz CT molecular complexity index is 1360. The van der Waals surface area contributed by atoms with E-state index in [4.69, 9.17) is 4.74 Å². The molecule has 9 heteroatoms. The number of alkyl halides is 3. The van der Waals surface area contributed by atoms with Crippen LogP contribution in [0.15, 0.2) is 78.6 Å². The quantitative estimate of drug-likeness (QED) is 0.358. The average Bonchev–Trinajstić information content (AvgIpc) is 3.45. The topological polar surface area (TPSA) is 82.8 Å². The van der Waals surface area contributed by atoms with E-state index in [1.807, 2.05) is 24.3 Å². The van der Waals surface area contributed by atoms with Crippen molar-refractivity contribution < 1.29 is 22.7 Å². The number of carbonyl (C=O) groups is 1. The molecule has 0 saturated heterocycles. The van der Waals surface area contributed by atoms with Gasteiger partial charge in [-0.1, -0.05) is 18.2 Å². The van der Waals surface area contributed by atoms with E-state index in [9.17, 15) is 18.0 Å². The van der Waals surface area contributed by atoms with Crippen LogP contribution in [0.3, 0.4) is 0 Å². The van der Waals surface area contributed by atoms with E-state index in [1.54, 1.807) is 42.6 Å². The first-order valence-electron chi connectivity index (χ1n) is 10.1. The largest absolute Gasteiger partial charge is 0.440 e. The van der Waals surface area contributed by atoms with Gasteiger partial charge in [-0.05, 0) is 54.1 Å². The number of rotatable bonds is 5. The minimum Gasteiger partial charge on any atom is -0.440 e. The highest BCUT2D eigenvalue weighted by Gasteiger charge is 2.35. The van der Waals surface area contributed by atoms with Crippen LogP contribution >= 0.6 is 0 Å². The summed E-state index contributed by atoms with van der Waals surface area (Å²) in [7, 11) is 0. The molecule has 4 aromatic rings. The summed E-state index contributed by atoms with van der Waals surface area (Å²) < 4.78 is 45.0. The fourth-order valence-electron chi connectivity index (χ4n) is 3.56. The van der Waals surface area contributed by atoms with Crippen molar-refractivity contribution in [1.29, 1.82) is 0 Å². The van der Waals surface area contributed by atoms with E-state index in [-0.39, 0.29) is 18.2 Å². The molecule has 0 radical (unpaired) electrons. The lowest BCUT2D eigenvalue weighted by molar-refractivity contribution is -0.0965. The summed E-state index contributed by atoms with van der Waals surface area (Å²) in [5.41, 5.74) is 1.99. The maximum absolute atomic E-state index is 13.1. The van der Waals surface area contributed by atoms with Crippen LogP contribution in [-0.4, -0.2) is 33.5 Å². The fraction of sp³-hybridized carbons (Fsp3) is 0.0833. The van der Waals surface area contributed by atoms with Gasteiger partial charge in [0.05, 0.1) is 11.0 Å². The molecule has 6 nitrogen and oxygen atoms in total. The second-order valence-corrected chi connectivity index (χ2v) is 7.37. The standard InChI is InChI=1S/C24H17F3N4O2/c25-24(26,27)20-13-15(9-11-28-20)17-10-12-29-23(17)33-16-7-5-14(6-8-16)21(32)22-30-18-3-1-2-4-19(18)31-22/h1-10,12-13,28-29H,11H2,(H,30,31). The Balaban J connectivity index is 1.35. The number of H-pyrrole nitrogens is 2. The van der Waals surface area contributed by atoms with Gasteiger partial charge in [0, 0.05) is 23.9 Å². The number of fused-ring (bicyclic) bond motifs is 1. The molecule has 2 aromatic heterocycles. The van der Waals surface area contributed by atoms with Crippen molar-refractivity contribution in [1.82, 2.24) is 20.3 Å². The number of halogens is 3. The van der Waals surface area contributed by atoms with Crippen molar-refractivity contribution in [2.45, 2.75) is 6.18 Å². The van der Waals surface area contributed by atoms with Crippen LogP contribution in [-0.2, 0) is 0 Å². The molecule has 3 heterocycles. The lowest BCUT2D eigenvalue weighted by Crippen LogP contribution is -2.28. The average molecular weight is 450 g/mol. The summed E-state index contributed by atoms with van der Waals surface area (Å²) in [6, 6.07) is 15.5. The second-order valence-electron chi connectivity index (χ2n) is 7.37. The van der Waals surface area contributed by atoms with E-state index >= 15 is 0 Å². The molecular weight excluding hydrogens is 433 g/mol. The summed E-state index contributed by atoms with van der Waals surface area (Å²) in [5, 5.41) is 2.33. The van der Waals surface area contributed by atoms with Crippen LogP contribution in [0.1, 0.15) is 21.7 Å². The molecule has 0 amide bonds. The minimum absolute atomic E-state index is 0.0594. The number of imidazole rings is 1. The number of hydrogen-bond donors (Lipinski definition) is 3. The molecule has 2 aromatic carbocycles. The molecule has 0 aliphatic carbocycles. The van der Waals surface area contributed by atoms with E-state index in [0.29, 0.717) is 33.8 Å². The first kappa shape index (κ1) is 20.6. The molecule has 1 aliphatic rings. The predicted molar refractivity (Wildman–Crippen MR) is 117 cm³/mol. The Morgan fingerprint density at radius 2 is 1.82 bits per heavy atom. The molecular formula is C24H17F3N4O2. The summed E-state index contributed by atoms with van der Waals surface area (Å²) in [4.78, 5) is 23.0. The van der Waals surface area contributed by atoms with Crippen LogP contribution in [0.5, 0.6) is 11.6 Å². The van der Waals surface area contributed by atoms with Gasteiger partial charge in [0.15, 0.2) is 5.82 Å². The summed E-state index contributed by atoms with van der Waals surface area (Å²) in [5.74, 6) is 0.705. The van der Waals surface area contributed by atoms with Crippen LogP contribution in [0.4, 0.5) is 13.2 Å². The van der Waals surface area contributed by atoms with Gasteiger partial charge in [0.1, 0.15) is 11.4 Å². The number of nitrogens with one attached hydrogen (secondary N) is 3. The molecule has 0 spiro atoms. The Hall–Kier alpha value is -4.27. The van der Waals surface area contributed by atoms with Crippen molar-refractivity contribution in [3.63, 3.8) is 0 Å². The van der Waals surface area contributed by atoms with E-state index in [2.05, 4.69) is 20.3 Å². The number of benzene rings is 2.